The van der Waals surface area contributed by atoms with Crippen LogP contribution in [0.25, 0.3) is 0 Å². The van der Waals surface area contributed by atoms with Gasteiger partial charge in [0.05, 0.1) is 11.5 Å². The summed E-state index contributed by atoms with van der Waals surface area (Å²) in [6.07, 6.45) is -0.485. The summed E-state index contributed by atoms with van der Waals surface area (Å²) < 4.78 is 53.9. The van der Waals surface area contributed by atoms with Crippen LogP contribution in [0, 0.1) is 0 Å². The van der Waals surface area contributed by atoms with E-state index in [1.54, 1.807) is 6.92 Å². The SMILES string of the molecule is CCCC(OS(=O)(=O)CC)OS(=O)(=O)CC. The van der Waals surface area contributed by atoms with Gasteiger partial charge in [0, 0.05) is 6.42 Å². The Hall–Kier alpha value is -0.180. The molecule has 0 aliphatic carbocycles. The molecule has 0 amide bonds. The lowest BCUT2D eigenvalue weighted by Crippen LogP contribution is -2.26. The van der Waals surface area contributed by atoms with Crippen molar-refractivity contribution in [3.05, 3.63) is 0 Å². The largest absolute Gasteiger partial charge is 0.269 e. The quantitative estimate of drug-likeness (QED) is 0.481. The molecule has 0 unspecified atom stereocenters. The van der Waals surface area contributed by atoms with Crippen LogP contribution in [0.15, 0.2) is 0 Å². The Morgan fingerprint density at radius 2 is 1.25 bits per heavy atom. The molecule has 0 bridgehead atoms. The maximum atomic E-state index is 11.2. The normalized spacial score (nSPS) is 13.2. The third-order valence-electron chi connectivity index (χ3n) is 1.74. The number of hydrogen-bond donors (Lipinski definition) is 0. The summed E-state index contributed by atoms with van der Waals surface area (Å²) in [5.74, 6) is -0.439. The zero-order chi connectivity index (χ0) is 12.8. The van der Waals surface area contributed by atoms with Crippen molar-refractivity contribution < 1.29 is 25.2 Å². The van der Waals surface area contributed by atoms with Gasteiger partial charge in [-0.3, -0.25) is 0 Å². The molecule has 0 aliphatic heterocycles. The van der Waals surface area contributed by atoms with Crippen LogP contribution in [-0.2, 0) is 28.6 Å². The van der Waals surface area contributed by atoms with Gasteiger partial charge in [-0.2, -0.15) is 16.8 Å². The summed E-state index contributed by atoms with van der Waals surface area (Å²) >= 11 is 0. The minimum atomic E-state index is -3.71. The molecule has 0 radical (unpaired) electrons. The first-order valence-corrected chi connectivity index (χ1v) is 8.23. The van der Waals surface area contributed by atoms with E-state index in [4.69, 9.17) is 0 Å². The highest BCUT2D eigenvalue weighted by molar-refractivity contribution is 7.87. The van der Waals surface area contributed by atoms with Crippen LogP contribution < -0.4 is 0 Å². The highest BCUT2D eigenvalue weighted by Gasteiger charge is 2.23. The second-order valence-corrected chi connectivity index (χ2v) is 6.87. The van der Waals surface area contributed by atoms with Crippen LogP contribution in [0.5, 0.6) is 0 Å². The van der Waals surface area contributed by atoms with Crippen LogP contribution >= 0.6 is 0 Å². The van der Waals surface area contributed by atoms with Crippen LogP contribution in [0.2, 0.25) is 0 Å². The van der Waals surface area contributed by atoms with E-state index in [1.807, 2.05) is 0 Å². The maximum Gasteiger partial charge on any atom is 0.269 e. The van der Waals surface area contributed by atoms with Gasteiger partial charge in [-0.05, 0) is 13.8 Å². The highest BCUT2D eigenvalue weighted by atomic mass is 32.2. The van der Waals surface area contributed by atoms with Crippen LogP contribution in [0.4, 0.5) is 0 Å². The molecule has 0 N–H and O–H groups in total. The van der Waals surface area contributed by atoms with Gasteiger partial charge in [0.2, 0.25) is 0 Å². The fourth-order valence-corrected chi connectivity index (χ4v) is 2.06. The van der Waals surface area contributed by atoms with E-state index >= 15 is 0 Å². The van der Waals surface area contributed by atoms with E-state index < -0.39 is 26.5 Å². The minimum Gasteiger partial charge on any atom is -0.237 e. The summed E-state index contributed by atoms with van der Waals surface area (Å²) in [6, 6.07) is 0. The monoisotopic (exact) mass is 274 g/mol. The molecule has 0 saturated carbocycles. The van der Waals surface area contributed by atoms with Gasteiger partial charge in [-0.15, -0.1) is 0 Å². The Labute approximate surface area is 97.2 Å². The third kappa shape index (κ3) is 6.41. The smallest absolute Gasteiger partial charge is 0.237 e. The standard InChI is InChI=1S/C8H18O6S2/c1-4-7-8(13-15(9,10)5-2)14-16(11,12)6-3/h8H,4-7H2,1-3H3. The van der Waals surface area contributed by atoms with Crippen molar-refractivity contribution in [3.8, 4) is 0 Å². The molecular weight excluding hydrogens is 256 g/mol. The first-order valence-electron chi connectivity index (χ1n) is 5.08. The summed E-state index contributed by atoms with van der Waals surface area (Å²) in [5.41, 5.74) is 0. The molecule has 0 spiro atoms. The molecule has 16 heavy (non-hydrogen) atoms. The fraction of sp³-hybridized carbons (Fsp3) is 1.00. The topological polar surface area (TPSA) is 86.7 Å². The highest BCUT2D eigenvalue weighted by Crippen LogP contribution is 2.12. The predicted octanol–water partition coefficient (Wildman–Crippen LogP) is 0.845. The van der Waals surface area contributed by atoms with Crippen molar-refractivity contribution in [2.24, 2.45) is 0 Å². The number of rotatable bonds is 8. The van der Waals surface area contributed by atoms with Gasteiger partial charge >= 0.3 is 0 Å². The molecule has 0 fully saturated rings. The Morgan fingerprint density at radius 1 is 0.875 bits per heavy atom. The Balaban J connectivity index is 4.64. The molecule has 0 aromatic carbocycles. The van der Waals surface area contributed by atoms with Gasteiger partial charge in [0.1, 0.15) is 0 Å². The molecule has 0 atom stereocenters. The second kappa shape index (κ2) is 6.53. The molecule has 0 rings (SSSR count). The predicted molar refractivity (Wildman–Crippen MR) is 59.8 cm³/mol. The van der Waals surface area contributed by atoms with E-state index in [0.717, 1.165) is 0 Å². The van der Waals surface area contributed by atoms with Crippen molar-refractivity contribution >= 4 is 20.2 Å². The van der Waals surface area contributed by atoms with Gasteiger partial charge in [0.25, 0.3) is 20.2 Å². The van der Waals surface area contributed by atoms with E-state index in [2.05, 4.69) is 8.37 Å². The van der Waals surface area contributed by atoms with Crippen LogP contribution in [0.3, 0.4) is 0 Å². The lowest BCUT2D eigenvalue weighted by atomic mass is 10.3. The summed E-state index contributed by atoms with van der Waals surface area (Å²) in [5, 5.41) is 0. The molecule has 0 saturated heterocycles. The zero-order valence-corrected chi connectivity index (χ0v) is 11.3. The molecular formula is C8H18O6S2. The van der Waals surface area contributed by atoms with E-state index in [0.29, 0.717) is 6.42 Å². The van der Waals surface area contributed by atoms with Crippen LogP contribution in [-0.4, -0.2) is 34.6 Å². The molecule has 6 nitrogen and oxygen atoms in total. The lowest BCUT2D eigenvalue weighted by molar-refractivity contribution is 0.0106. The molecule has 0 heterocycles. The number of hydrogen-bond acceptors (Lipinski definition) is 6. The maximum absolute atomic E-state index is 11.2. The summed E-state index contributed by atoms with van der Waals surface area (Å²) in [7, 11) is -7.42. The van der Waals surface area contributed by atoms with Crippen molar-refractivity contribution in [2.75, 3.05) is 11.5 Å². The molecule has 98 valence electrons. The van der Waals surface area contributed by atoms with Gasteiger partial charge in [0.15, 0.2) is 6.29 Å². The van der Waals surface area contributed by atoms with E-state index in [1.165, 1.54) is 13.8 Å². The molecule has 0 aliphatic rings. The molecule has 8 heteroatoms. The van der Waals surface area contributed by atoms with Gasteiger partial charge in [-0.1, -0.05) is 13.3 Å². The Morgan fingerprint density at radius 3 is 1.50 bits per heavy atom. The third-order valence-corrected chi connectivity index (χ3v) is 4.17. The Kier molecular flexibility index (Phi) is 6.46. The zero-order valence-electron chi connectivity index (χ0n) is 9.67. The van der Waals surface area contributed by atoms with Gasteiger partial charge < -0.3 is 0 Å². The first kappa shape index (κ1) is 15.8. The fourth-order valence-electron chi connectivity index (χ4n) is 0.811. The van der Waals surface area contributed by atoms with Crippen molar-refractivity contribution in [1.82, 2.24) is 0 Å². The van der Waals surface area contributed by atoms with Crippen molar-refractivity contribution in [3.63, 3.8) is 0 Å². The Bertz CT molecular complexity index is 347. The van der Waals surface area contributed by atoms with E-state index in [-0.39, 0.29) is 17.9 Å². The van der Waals surface area contributed by atoms with Crippen LogP contribution in [0.1, 0.15) is 33.6 Å². The summed E-state index contributed by atoms with van der Waals surface area (Å²) in [4.78, 5) is 0. The van der Waals surface area contributed by atoms with Crippen molar-refractivity contribution in [2.45, 2.75) is 39.9 Å². The second-order valence-electron chi connectivity index (χ2n) is 3.10. The van der Waals surface area contributed by atoms with Crippen molar-refractivity contribution in [1.29, 1.82) is 0 Å². The van der Waals surface area contributed by atoms with E-state index in [9.17, 15) is 16.8 Å². The summed E-state index contributed by atoms with van der Waals surface area (Å²) in [6.45, 7) is 4.59. The lowest BCUT2D eigenvalue weighted by Gasteiger charge is -2.15. The molecule has 0 aromatic heterocycles. The molecule has 0 aromatic rings. The minimum absolute atomic E-state index is 0.207. The first-order chi connectivity index (χ1) is 7.26. The average molecular weight is 274 g/mol. The average Bonchev–Trinajstić information content (AvgIpc) is 2.17. The van der Waals surface area contributed by atoms with Gasteiger partial charge in [-0.25, -0.2) is 8.37 Å².